The molecule has 7 nitrogen and oxygen atoms in total. The van der Waals surface area contributed by atoms with Gasteiger partial charge in [-0.15, -0.1) is 0 Å². The molecule has 0 N–H and O–H groups in total. The lowest BCUT2D eigenvalue weighted by Gasteiger charge is -2.45. The van der Waals surface area contributed by atoms with Gasteiger partial charge in [-0.2, -0.15) is 10.5 Å². The third-order valence-corrected chi connectivity index (χ3v) is 20.1. The molecule has 0 saturated heterocycles. The molecule has 0 fully saturated rings. The number of rotatable bonds is 9. The summed E-state index contributed by atoms with van der Waals surface area (Å²) in [6.07, 6.45) is 0. The topological polar surface area (TPSA) is 67.2 Å². The highest BCUT2D eigenvalue weighted by Gasteiger charge is 2.53. The predicted octanol–water partition coefficient (Wildman–Crippen LogP) is 23.0. The fourth-order valence-corrected chi connectivity index (χ4v) is 16.2. The number of hydrogen-bond donors (Lipinski definition) is 0. The van der Waals surface area contributed by atoms with E-state index in [4.69, 9.17) is 0 Å². The van der Waals surface area contributed by atoms with E-state index in [-0.39, 0.29) is 0 Å². The summed E-state index contributed by atoms with van der Waals surface area (Å²) >= 11 is 0. The summed E-state index contributed by atoms with van der Waals surface area (Å²) in [5.41, 5.74) is 22.8. The third kappa shape index (κ3) is 7.93. The van der Waals surface area contributed by atoms with Crippen molar-refractivity contribution in [2.45, 2.75) is 5.41 Å². The number of hydrogen-bond acceptors (Lipinski definition) is 5. The Hall–Kier alpha value is -13.2. The van der Waals surface area contributed by atoms with E-state index in [2.05, 4.69) is 345 Å². The van der Waals surface area contributed by atoms with E-state index in [9.17, 15) is 10.5 Å². The van der Waals surface area contributed by atoms with Gasteiger partial charge in [0.05, 0.1) is 73.5 Å². The SMILES string of the molecule is N#Cc1ccc(N(c2ccc3c(c2)c2ccccc2n3-c2ccccc2)c2cc3c(c4ccccc24)-c2c(cc(N(c4ccc(C#N)cc4)c4ccc5c6ccccc6n(-c6ccccc6)c5c4)c4ccccc24)C32c3ccccc3N(c3ccccc3)c3ccccc32)cc1. The summed E-state index contributed by atoms with van der Waals surface area (Å²) in [7, 11) is 0. The predicted molar refractivity (Wildman–Crippen MR) is 394 cm³/mol. The standard InChI is InChI=1S/C89H55N7/c90-56-58-40-44-63(45-41-58)92(65-49-51-81-74(52-65)70-31-15-19-37-80(70)94(81)60-22-4-1-5-23-60)85-54-77-87(72-32-12-10-29-68(72)85)88-73-33-13-11-30-69(73)86(55-78(88)89(77)75-34-16-20-38-82(75)96(62-26-8-3-9-27-62)83-39-21-17-35-76(83)89)93(64-46-42-59(57-91)43-47-64)66-48-50-71-67-28-14-18-36-79(67)95(84(71)53-66)61-24-6-2-7-25-61/h1-55H. The number of anilines is 9. The van der Waals surface area contributed by atoms with Crippen molar-refractivity contribution in [1.29, 1.82) is 10.5 Å². The molecule has 1 spiro atoms. The van der Waals surface area contributed by atoms with Gasteiger partial charge in [0.1, 0.15) is 0 Å². The van der Waals surface area contributed by atoms with Gasteiger partial charge >= 0.3 is 0 Å². The quantitative estimate of drug-likeness (QED) is 0.144. The highest BCUT2D eigenvalue weighted by Crippen LogP contribution is 2.67. The maximum Gasteiger partial charge on any atom is 0.0991 e. The lowest BCUT2D eigenvalue weighted by atomic mass is 9.64. The van der Waals surface area contributed by atoms with Gasteiger partial charge in [0.15, 0.2) is 0 Å². The molecule has 1 aliphatic carbocycles. The maximum atomic E-state index is 10.4. The maximum absolute atomic E-state index is 10.4. The van der Waals surface area contributed by atoms with E-state index in [0.717, 1.165) is 145 Å². The zero-order chi connectivity index (χ0) is 63.6. The number of benzene rings is 15. The number of para-hydroxylation sites is 7. The van der Waals surface area contributed by atoms with Crippen LogP contribution in [-0.2, 0) is 5.41 Å². The molecule has 0 atom stereocenters. The van der Waals surface area contributed by atoms with Gasteiger partial charge in [0, 0.05) is 72.1 Å². The Labute approximate surface area is 554 Å². The first kappa shape index (κ1) is 54.5. The lowest BCUT2D eigenvalue weighted by molar-refractivity contribution is 0.753. The van der Waals surface area contributed by atoms with Gasteiger partial charge in [-0.25, -0.2) is 0 Å². The summed E-state index contributed by atoms with van der Waals surface area (Å²) in [6, 6.07) is 125. The average Bonchev–Trinajstić information content (AvgIpc) is 1.47. The highest BCUT2D eigenvalue weighted by molar-refractivity contribution is 6.20. The van der Waals surface area contributed by atoms with E-state index < -0.39 is 5.41 Å². The second kappa shape index (κ2) is 21.4. The first-order valence-corrected chi connectivity index (χ1v) is 32.5. The summed E-state index contributed by atoms with van der Waals surface area (Å²) in [4.78, 5) is 7.29. The van der Waals surface area contributed by atoms with Crippen LogP contribution in [0.3, 0.4) is 0 Å². The molecule has 2 aliphatic rings. The lowest BCUT2D eigenvalue weighted by Crippen LogP contribution is -2.36. The van der Waals surface area contributed by atoms with Crippen LogP contribution in [0.4, 0.5) is 51.2 Å². The molecule has 0 bridgehead atoms. The average molecular weight is 1220 g/mol. The van der Waals surface area contributed by atoms with Crippen molar-refractivity contribution in [1.82, 2.24) is 9.13 Å². The Morgan fingerprint density at radius 3 is 1.12 bits per heavy atom. The van der Waals surface area contributed by atoms with Crippen LogP contribution in [0.25, 0.3) is 87.7 Å². The first-order chi connectivity index (χ1) is 47.6. The van der Waals surface area contributed by atoms with Crippen molar-refractivity contribution >= 4 is 116 Å². The summed E-state index contributed by atoms with van der Waals surface area (Å²) in [5.74, 6) is 0. The first-order valence-electron chi connectivity index (χ1n) is 32.5. The Balaban J connectivity index is 0.944. The van der Waals surface area contributed by atoms with E-state index in [1.165, 1.54) is 16.5 Å². The Morgan fingerprint density at radius 2 is 0.625 bits per heavy atom. The second-order valence-corrected chi connectivity index (χ2v) is 25.0. The van der Waals surface area contributed by atoms with Crippen molar-refractivity contribution in [3.05, 3.63) is 367 Å². The van der Waals surface area contributed by atoms with Crippen molar-refractivity contribution in [3.63, 3.8) is 0 Å². The number of nitriles is 2. The molecule has 0 saturated carbocycles. The van der Waals surface area contributed by atoms with Crippen LogP contribution in [0.15, 0.2) is 334 Å². The zero-order valence-corrected chi connectivity index (χ0v) is 51.9. The molecule has 96 heavy (non-hydrogen) atoms. The molecular formula is C89H55N7. The minimum absolute atomic E-state index is 0.585. The summed E-state index contributed by atoms with van der Waals surface area (Å²) < 4.78 is 4.75. The van der Waals surface area contributed by atoms with Crippen molar-refractivity contribution in [2.75, 3.05) is 14.7 Å². The highest BCUT2D eigenvalue weighted by atomic mass is 15.2. The molecule has 2 aromatic heterocycles. The molecule has 15 aromatic carbocycles. The third-order valence-electron chi connectivity index (χ3n) is 20.1. The molecule has 1 aliphatic heterocycles. The second-order valence-electron chi connectivity index (χ2n) is 25.0. The fourth-order valence-electron chi connectivity index (χ4n) is 16.2. The number of aromatic nitrogens is 2. The summed E-state index contributed by atoms with van der Waals surface area (Å²) in [5, 5.41) is 29.7. The minimum atomic E-state index is -0.968. The van der Waals surface area contributed by atoms with Crippen molar-refractivity contribution < 1.29 is 0 Å². The monoisotopic (exact) mass is 1220 g/mol. The fraction of sp³-hybridized carbons (Fsp3) is 0.0112. The molecule has 19 rings (SSSR count). The van der Waals surface area contributed by atoms with Crippen LogP contribution in [0.2, 0.25) is 0 Å². The Kier molecular flexibility index (Phi) is 12.2. The van der Waals surface area contributed by atoms with E-state index >= 15 is 0 Å². The largest absolute Gasteiger partial charge is 0.310 e. The molecule has 0 amide bonds. The van der Waals surface area contributed by atoms with Crippen LogP contribution < -0.4 is 14.7 Å². The molecule has 0 radical (unpaired) electrons. The van der Waals surface area contributed by atoms with Gasteiger partial charge in [-0.3, -0.25) is 0 Å². The Morgan fingerprint density at radius 1 is 0.260 bits per heavy atom. The van der Waals surface area contributed by atoms with Crippen LogP contribution in [0.5, 0.6) is 0 Å². The molecule has 7 heteroatoms. The number of fused-ring (bicyclic) bond motifs is 19. The van der Waals surface area contributed by atoms with E-state index in [1.807, 2.05) is 24.3 Å². The van der Waals surface area contributed by atoms with Crippen LogP contribution in [-0.4, -0.2) is 9.13 Å². The van der Waals surface area contributed by atoms with Gasteiger partial charge in [0.2, 0.25) is 0 Å². The molecule has 0 unspecified atom stereocenters. The molecule has 3 heterocycles. The van der Waals surface area contributed by atoms with Gasteiger partial charge in [0.25, 0.3) is 0 Å². The molecular weight excluding hydrogens is 1170 g/mol. The smallest absolute Gasteiger partial charge is 0.0991 e. The number of nitrogens with zero attached hydrogens (tertiary/aromatic N) is 7. The van der Waals surface area contributed by atoms with Crippen molar-refractivity contribution in [2.24, 2.45) is 0 Å². The molecule has 446 valence electrons. The van der Waals surface area contributed by atoms with Gasteiger partial charge in [-0.1, -0.05) is 182 Å². The van der Waals surface area contributed by atoms with E-state index in [0.29, 0.717) is 11.1 Å². The van der Waals surface area contributed by atoms with Crippen LogP contribution in [0.1, 0.15) is 33.4 Å². The van der Waals surface area contributed by atoms with Gasteiger partial charge in [-0.05, 0) is 196 Å². The normalized spacial score (nSPS) is 12.6. The molecule has 17 aromatic rings. The zero-order valence-electron chi connectivity index (χ0n) is 51.9. The van der Waals surface area contributed by atoms with Crippen molar-refractivity contribution in [3.8, 4) is 34.6 Å². The minimum Gasteiger partial charge on any atom is -0.310 e. The van der Waals surface area contributed by atoms with Crippen LogP contribution >= 0.6 is 0 Å². The van der Waals surface area contributed by atoms with Gasteiger partial charge < -0.3 is 23.8 Å². The Bertz CT molecular complexity index is 6070. The van der Waals surface area contributed by atoms with Crippen LogP contribution in [0, 0.1) is 22.7 Å². The summed E-state index contributed by atoms with van der Waals surface area (Å²) in [6.45, 7) is 0. The van der Waals surface area contributed by atoms with E-state index in [1.54, 1.807) is 0 Å².